The minimum Gasteiger partial charge on any atom is -0.507 e. The van der Waals surface area contributed by atoms with E-state index in [1.165, 1.54) is 13.2 Å². The van der Waals surface area contributed by atoms with Gasteiger partial charge in [-0.05, 0) is 12.5 Å². The zero-order valence-corrected chi connectivity index (χ0v) is 13.3. The molecule has 8 nitrogen and oxygen atoms in total. The van der Waals surface area contributed by atoms with Crippen LogP contribution < -0.4 is 16.1 Å². The Morgan fingerprint density at radius 2 is 2.12 bits per heavy atom. The first kappa shape index (κ1) is 17.5. The second kappa shape index (κ2) is 7.14. The van der Waals surface area contributed by atoms with E-state index in [1.807, 2.05) is 0 Å². The molecule has 24 heavy (non-hydrogen) atoms. The largest absolute Gasteiger partial charge is 0.507 e. The molecule has 0 saturated carbocycles. The van der Waals surface area contributed by atoms with Crippen molar-refractivity contribution in [1.29, 1.82) is 0 Å². The van der Waals surface area contributed by atoms with E-state index in [4.69, 9.17) is 19.6 Å². The molecule has 1 amide bonds. The summed E-state index contributed by atoms with van der Waals surface area (Å²) in [6.45, 7) is 2.06. The molecule has 2 rings (SSSR count). The predicted octanol–water partition coefficient (Wildman–Crippen LogP) is 0.673. The number of carbonyl (C=O) groups excluding carboxylic acids is 2. The lowest BCUT2D eigenvalue weighted by Crippen LogP contribution is -2.21. The lowest BCUT2D eigenvalue weighted by Gasteiger charge is -2.14. The van der Waals surface area contributed by atoms with Crippen molar-refractivity contribution in [3.8, 4) is 11.5 Å². The molecule has 0 bridgehead atoms. The number of fused-ring (bicyclic) bond motifs is 1. The maximum absolute atomic E-state index is 12.1. The molecule has 1 heterocycles. The van der Waals surface area contributed by atoms with Crippen molar-refractivity contribution >= 4 is 23.2 Å². The zero-order chi connectivity index (χ0) is 17.9. The highest BCUT2D eigenvalue weighted by molar-refractivity contribution is 6.02. The van der Waals surface area contributed by atoms with Crippen LogP contribution in [0.4, 0.5) is 0 Å². The maximum Gasteiger partial charge on any atom is 0.340 e. The highest BCUT2D eigenvalue weighted by atomic mass is 16.5. The van der Waals surface area contributed by atoms with Gasteiger partial charge < -0.3 is 24.7 Å². The lowest BCUT2D eigenvalue weighted by molar-refractivity contribution is -0.117. The number of aromatic hydroxyl groups is 1. The Kier molecular flexibility index (Phi) is 5.20. The molecule has 0 unspecified atom stereocenters. The SMILES string of the molecule is COCCOc1cc(O)c(C=O)c2oc(=O)c(CC(N)=O)c(C)c12. The van der Waals surface area contributed by atoms with Crippen LogP contribution in [0, 0.1) is 6.92 Å². The monoisotopic (exact) mass is 335 g/mol. The molecule has 8 heteroatoms. The summed E-state index contributed by atoms with van der Waals surface area (Å²) in [5.74, 6) is -0.867. The van der Waals surface area contributed by atoms with Crippen molar-refractivity contribution < 1.29 is 28.6 Å². The van der Waals surface area contributed by atoms with E-state index in [0.29, 0.717) is 23.8 Å². The van der Waals surface area contributed by atoms with Gasteiger partial charge in [-0.15, -0.1) is 0 Å². The molecule has 0 spiro atoms. The topological polar surface area (TPSA) is 129 Å². The Hall–Kier alpha value is -2.87. The van der Waals surface area contributed by atoms with Gasteiger partial charge in [-0.25, -0.2) is 4.79 Å². The van der Waals surface area contributed by atoms with Gasteiger partial charge in [0.2, 0.25) is 5.91 Å². The molecule has 0 aliphatic rings. The fourth-order valence-electron chi connectivity index (χ4n) is 2.40. The molecular weight excluding hydrogens is 318 g/mol. The van der Waals surface area contributed by atoms with Crippen molar-refractivity contribution in [1.82, 2.24) is 0 Å². The van der Waals surface area contributed by atoms with Crippen molar-refractivity contribution in [3.05, 3.63) is 33.2 Å². The Bertz CT molecular complexity index is 854. The van der Waals surface area contributed by atoms with Gasteiger partial charge in [-0.3, -0.25) is 9.59 Å². The number of aryl methyl sites for hydroxylation is 1. The van der Waals surface area contributed by atoms with Gasteiger partial charge in [0.1, 0.15) is 18.1 Å². The number of ether oxygens (including phenoxy) is 2. The number of phenolic OH excluding ortho intramolecular Hbond substituents is 1. The third kappa shape index (κ3) is 3.23. The minimum atomic E-state index is -0.796. The van der Waals surface area contributed by atoms with Crippen LogP contribution in [0.15, 0.2) is 15.3 Å². The van der Waals surface area contributed by atoms with E-state index in [9.17, 15) is 19.5 Å². The van der Waals surface area contributed by atoms with Crippen LogP contribution in [-0.2, 0) is 16.0 Å². The fourth-order valence-corrected chi connectivity index (χ4v) is 2.40. The predicted molar refractivity (Wildman–Crippen MR) is 84.5 cm³/mol. The highest BCUT2D eigenvalue weighted by Crippen LogP contribution is 2.36. The molecule has 0 aliphatic carbocycles. The van der Waals surface area contributed by atoms with Gasteiger partial charge in [0.25, 0.3) is 0 Å². The standard InChI is InChI=1S/C16H17NO7/c1-8-9(5-13(17)20)16(21)24-15-10(7-18)11(19)6-12(14(8)15)23-4-3-22-2/h6-7,19H,3-5H2,1-2H3,(H2,17,20). The van der Waals surface area contributed by atoms with E-state index in [1.54, 1.807) is 6.92 Å². The van der Waals surface area contributed by atoms with Crippen LogP contribution >= 0.6 is 0 Å². The quantitative estimate of drug-likeness (QED) is 0.432. The number of rotatable bonds is 7. The molecule has 0 atom stereocenters. The number of hydrogen-bond acceptors (Lipinski definition) is 7. The van der Waals surface area contributed by atoms with Crippen LogP contribution in [0.25, 0.3) is 11.0 Å². The molecule has 3 N–H and O–H groups in total. The normalized spacial score (nSPS) is 10.8. The highest BCUT2D eigenvalue weighted by Gasteiger charge is 2.21. The second-order valence-electron chi connectivity index (χ2n) is 5.11. The van der Waals surface area contributed by atoms with Gasteiger partial charge in [0.05, 0.1) is 29.5 Å². The molecule has 1 aromatic carbocycles. The first-order valence-corrected chi connectivity index (χ1v) is 7.08. The number of hydrogen-bond donors (Lipinski definition) is 2. The number of aldehydes is 1. The summed E-state index contributed by atoms with van der Waals surface area (Å²) < 4.78 is 15.6. The summed E-state index contributed by atoms with van der Waals surface area (Å²) in [5, 5.41) is 10.3. The fraction of sp³-hybridized carbons (Fsp3) is 0.312. The van der Waals surface area contributed by atoms with Crippen molar-refractivity contribution in [2.24, 2.45) is 5.73 Å². The van der Waals surface area contributed by atoms with E-state index >= 15 is 0 Å². The number of methoxy groups -OCH3 is 1. The van der Waals surface area contributed by atoms with Gasteiger partial charge in [0, 0.05) is 13.2 Å². The van der Waals surface area contributed by atoms with Crippen LogP contribution in [0.3, 0.4) is 0 Å². The maximum atomic E-state index is 12.1. The van der Waals surface area contributed by atoms with Crippen LogP contribution in [-0.4, -0.2) is 37.6 Å². The second-order valence-corrected chi connectivity index (χ2v) is 5.11. The van der Waals surface area contributed by atoms with E-state index in [-0.39, 0.29) is 41.2 Å². The summed E-state index contributed by atoms with van der Waals surface area (Å²) >= 11 is 0. The number of benzene rings is 1. The molecule has 1 aromatic heterocycles. The third-order valence-electron chi connectivity index (χ3n) is 3.54. The molecule has 0 fully saturated rings. The van der Waals surface area contributed by atoms with Gasteiger partial charge in [0.15, 0.2) is 11.9 Å². The summed E-state index contributed by atoms with van der Waals surface area (Å²) in [4.78, 5) is 34.5. The first-order chi connectivity index (χ1) is 11.4. The van der Waals surface area contributed by atoms with E-state index < -0.39 is 11.5 Å². The lowest BCUT2D eigenvalue weighted by atomic mass is 10.00. The van der Waals surface area contributed by atoms with Gasteiger partial charge in [-0.1, -0.05) is 0 Å². The van der Waals surface area contributed by atoms with Crippen molar-refractivity contribution in [3.63, 3.8) is 0 Å². The number of amides is 1. The number of phenols is 1. The van der Waals surface area contributed by atoms with Crippen molar-refractivity contribution in [2.75, 3.05) is 20.3 Å². The molecule has 128 valence electrons. The van der Waals surface area contributed by atoms with Gasteiger partial charge in [-0.2, -0.15) is 0 Å². The third-order valence-corrected chi connectivity index (χ3v) is 3.54. The van der Waals surface area contributed by atoms with E-state index in [2.05, 4.69) is 0 Å². The van der Waals surface area contributed by atoms with Crippen LogP contribution in [0.2, 0.25) is 0 Å². The Morgan fingerprint density at radius 1 is 1.42 bits per heavy atom. The van der Waals surface area contributed by atoms with Crippen LogP contribution in [0.1, 0.15) is 21.5 Å². The molecular formula is C16H17NO7. The summed E-state index contributed by atoms with van der Waals surface area (Å²) in [6.07, 6.45) is 0.0751. The Labute approximate surface area is 136 Å². The minimum absolute atomic E-state index is 0.0779. The first-order valence-electron chi connectivity index (χ1n) is 7.08. The smallest absolute Gasteiger partial charge is 0.340 e. The summed E-state index contributed by atoms with van der Waals surface area (Å²) in [6, 6.07) is 1.25. The van der Waals surface area contributed by atoms with E-state index in [0.717, 1.165) is 0 Å². The number of carbonyl (C=O) groups is 2. The zero-order valence-electron chi connectivity index (χ0n) is 13.3. The summed E-state index contributed by atoms with van der Waals surface area (Å²) in [5.41, 5.74) is 4.56. The number of primary amides is 1. The average Bonchev–Trinajstić information content (AvgIpc) is 2.51. The van der Waals surface area contributed by atoms with Crippen LogP contribution in [0.5, 0.6) is 11.5 Å². The average molecular weight is 335 g/mol. The number of nitrogens with two attached hydrogens (primary N) is 1. The summed E-state index contributed by atoms with van der Waals surface area (Å²) in [7, 11) is 1.50. The molecule has 0 radical (unpaired) electrons. The molecule has 0 aliphatic heterocycles. The Balaban J connectivity index is 2.78. The molecule has 0 saturated heterocycles. The van der Waals surface area contributed by atoms with Gasteiger partial charge >= 0.3 is 5.63 Å². The Morgan fingerprint density at radius 3 is 2.71 bits per heavy atom. The molecule has 2 aromatic rings. The van der Waals surface area contributed by atoms with Crippen molar-refractivity contribution in [2.45, 2.75) is 13.3 Å².